The smallest absolute Gasteiger partial charge is 0.0512 e. The first-order chi connectivity index (χ1) is 11.7. The SMILES string of the molecule is CN1C[C@@H](COCC2CC2)[C@@]2(CCN(CCc3ccccc3)C2)C1. The largest absolute Gasteiger partial charge is 0.381 e. The van der Waals surface area contributed by atoms with E-state index in [2.05, 4.69) is 47.2 Å². The van der Waals surface area contributed by atoms with Gasteiger partial charge in [-0.25, -0.2) is 0 Å². The minimum absolute atomic E-state index is 0.481. The Bertz CT molecular complexity index is 530. The number of likely N-dealkylation sites (tertiary alicyclic amines) is 2. The van der Waals surface area contributed by atoms with Gasteiger partial charge in [0, 0.05) is 44.1 Å². The summed E-state index contributed by atoms with van der Waals surface area (Å²) in [6.45, 7) is 8.19. The maximum Gasteiger partial charge on any atom is 0.0512 e. The third-order valence-electron chi connectivity index (χ3n) is 6.38. The molecule has 0 radical (unpaired) electrons. The molecular formula is C21H32N2O. The second kappa shape index (κ2) is 7.15. The summed E-state index contributed by atoms with van der Waals surface area (Å²) in [6, 6.07) is 10.9. The highest BCUT2D eigenvalue weighted by atomic mass is 16.5. The summed E-state index contributed by atoms with van der Waals surface area (Å²) in [5.41, 5.74) is 1.95. The van der Waals surface area contributed by atoms with Crippen molar-refractivity contribution in [1.82, 2.24) is 9.80 Å². The summed E-state index contributed by atoms with van der Waals surface area (Å²) < 4.78 is 6.10. The van der Waals surface area contributed by atoms with Crippen LogP contribution in [0.1, 0.15) is 24.8 Å². The highest BCUT2D eigenvalue weighted by Gasteiger charge is 2.49. The van der Waals surface area contributed by atoms with Crippen molar-refractivity contribution in [1.29, 1.82) is 0 Å². The van der Waals surface area contributed by atoms with Crippen LogP contribution in [-0.2, 0) is 11.2 Å². The minimum Gasteiger partial charge on any atom is -0.381 e. The van der Waals surface area contributed by atoms with Crippen molar-refractivity contribution in [3.8, 4) is 0 Å². The summed E-state index contributed by atoms with van der Waals surface area (Å²) in [6.07, 6.45) is 5.31. The zero-order valence-electron chi connectivity index (χ0n) is 15.1. The average Bonchev–Trinajstić information content (AvgIpc) is 3.25. The quantitative estimate of drug-likeness (QED) is 0.765. The molecule has 0 unspecified atom stereocenters. The molecule has 1 aromatic rings. The Labute approximate surface area is 147 Å². The van der Waals surface area contributed by atoms with E-state index in [1.54, 1.807) is 0 Å². The first-order valence-electron chi connectivity index (χ1n) is 9.76. The van der Waals surface area contributed by atoms with Crippen molar-refractivity contribution < 1.29 is 4.74 Å². The lowest BCUT2D eigenvalue weighted by atomic mass is 9.77. The van der Waals surface area contributed by atoms with Crippen LogP contribution in [0.2, 0.25) is 0 Å². The van der Waals surface area contributed by atoms with E-state index in [4.69, 9.17) is 4.74 Å². The van der Waals surface area contributed by atoms with E-state index in [1.165, 1.54) is 64.0 Å². The molecule has 3 fully saturated rings. The van der Waals surface area contributed by atoms with E-state index in [-0.39, 0.29) is 0 Å². The molecule has 0 amide bonds. The molecule has 1 saturated carbocycles. The van der Waals surface area contributed by atoms with Crippen LogP contribution in [0.15, 0.2) is 30.3 Å². The van der Waals surface area contributed by atoms with Crippen molar-refractivity contribution in [2.24, 2.45) is 17.3 Å². The Morgan fingerprint density at radius 2 is 1.96 bits per heavy atom. The zero-order valence-corrected chi connectivity index (χ0v) is 15.1. The van der Waals surface area contributed by atoms with Gasteiger partial charge in [0.05, 0.1) is 6.61 Å². The Morgan fingerprint density at radius 3 is 2.75 bits per heavy atom. The molecule has 132 valence electrons. The number of hydrogen-bond acceptors (Lipinski definition) is 3. The van der Waals surface area contributed by atoms with Crippen molar-refractivity contribution in [2.75, 3.05) is 53.0 Å². The van der Waals surface area contributed by atoms with Crippen molar-refractivity contribution in [3.05, 3.63) is 35.9 Å². The van der Waals surface area contributed by atoms with Crippen LogP contribution in [0.4, 0.5) is 0 Å². The summed E-state index contributed by atoms with van der Waals surface area (Å²) >= 11 is 0. The van der Waals surface area contributed by atoms with Crippen molar-refractivity contribution >= 4 is 0 Å². The molecule has 0 bridgehead atoms. The Morgan fingerprint density at radius 1 is 1.12 bits per heavy atom. The molecule has 0 aromatic heterocycles. The predicted octanol–water partition coefficient (Wildman–Crippen LogP) is 2.91. The maximum absolute atomic E-state index is 6.10. The first-order valence-corrected chi connectivity index (χ1v) is 9.76. The van der Waals surface area contributed by atoms with Gasteiger partial charge in [0.1, 0.15) is 0 Å². The molecule has 2 heterocycles. The van der Waals surface area contributed by atoms with E-state index in [0.29, 0.717) is 5.41 Å². The topological polar surface area (TPSA) is 15.7 Å². The van der Waals surface area contributed by atoms with Crippen LogP contribution in [0.25, 0.3) is 0 Å². The van der Waals surface area contributed by atoms with Crippen LogP contribution >= 0.6 is 0 Å². The van der Waals surface area contributed by atoms with E-state index >= 15 is 0 Å². The summed E-state index contributed by atoms with van der Waals surface area (Å²) in [5, 5.41) is 0. The van der Waals surface area contributed by atoms with Gasteiger partial charge in [-0.3, -0.25) is 0 Å². The third kappa shape index (κ3) is 3.84. The fourth-order valence-electron chi connectivity index (χ4n) is 4.76. The van der Waals surface area contributed by atoms with E-state index in [0.717, 1.165) is 25.0 Å². The number of ether oxygens (including phenoxy) is 1. The Hall–Kier alpha value is -0.900. The molecule has 4 rings (SSSR count). The van der Waals surface area contributed by atoms with Gasteiger partial charge in [-0.05, 0) is 50.8 Å². The van der Waals surface area contributed by atoms with Crippen molar-refractivity contribution in [2.45, 2.75) is 25.7 Å². The monoisotopic (exact) mass is 328 g/mol. The van der Waals surface area contributed by atoms with Crippen LogP contribution in [0.3, 0.4) is 0 Å². The highest BCUT2D eigenvalue weighted by Crippen LogP contribution is 2.43. The van der Waals surface area contributed by atoms with Crippen LogP contribution < -0.4 is 0 Å². The molecule has 1 spiro atoms. The summed E-state index contributed by atoms with van der Waals surface area (Å²) in [7, 11) is 2.29. The van der Waals surface area contributed by atoms with Gasteiger partial charge in [0.25, 0.3) is 0 Å². The number of hydrogen-bond donors (Lipinski definition) is 0. The summed E-state index contributed by atoms with van der Waals surface area (Å²) in [5.74, 6) is 1.61. The van der Waals surface area contributed by atoms with Gasteiger partial charge in [0.2, 0.25) is 0 Å². The molecule has 3 heteroatoms. The van der Waals surface area contributed by atoms with Gasteiger partial charge >= 0.3 is 0 Å². The number of benzene rings is 1. The van der Waals surface area contributed by atoms with E-state index < -0.39 is 0 Å². The second-order valence-electron chi connectivity index (χ2n) is 8.50. The Balaban J connectivity index is 1.30. The fraction of sp³-hybridized carbons (Fsp3) is 0.714. The first kappa shape index (κ1) is 16.6. The molecule has 2 saturated heterocycles. The maximum atomic E-state index is 6.10. The lowest BCUT2D eigenvalue weighted by molar-refractivity contribution is 0.0559. The minimum atomic E-state index is 0.481. The standard InChI is InChI=1S/C21H32N2O/c1-22-13-20(15-24-14-19-7-8-19)21(16-22)10-12-23(17-21)11-9-18-5-3-2-4-6-18/h2-6,19-20H,7-17H2,1H3/t20-,21-/m0/s1. The van der Waals surface area contributed by atoms with Gasteiger partial charge in [-0.1, -0.05) is 30.3 Å². The molecule has 24 heavy (non-hydrogen) atoms. The van der Waals surface area contributed by atoms with Gasteiger partial charge in [0.15, 0.2) is 0 Å². The van der Waals surface area contributed by atoms with Gasteiger partial charge in [-0.2, -0.15) is 0 Å². The van der Waals surface area contributed by atoms with E-state index in [9.17, 15) is 0 Å². The predicted molar refractivity (Wildman–Crippen MR) is 98.2 cm³/mol. The molecule has 0 N–H and O–H groups in total. The lowest BCUT2D eigenvalue weighted by Gasteiger charge is -2.30. The van der Waals surface area contributed by atoms with Gasteiger partial charge in [-0.15, -0.1) is 0 Å². The zero-order chi connectivity index (χ0) is 16.4. The van der Waals surface area contributed by atoms with Crippen LogP contribution in [-0.4, -0.2) is 62.8 Å². The third-order valence-corrected chi connectivity index (χ3v) is 6.38. The lowest BCUT2D eigenvalue weighted by Crippen LogP contribution is -2.36. The molecule has 3 aliphatic rings. The highest BCUT2D eigenvalue weighted by molar-refractivity contribution is 5.15. The molecule has 2 atom stereocenters. The normalized spacial score (nSPS) is 31.3. The molecular weight excluding hydrogens is 296 g/mol. The molecule has 1 aliphatic carbocycles. The number of nitrogens with zero attached hydrogens (tertiary/aromatic N) is 2. The Kier molecular flexibility index (Phi) is 4.93. The van der Waals surface area contributed by atoms with Gasteiger partial charge < -0.3 is 14.5 Å². The molecule has 3 nitrogen and oxygen atoms in total. The molecule has 1 aromatic carbocycles. The summed E-state index contributed by atoms with van der Waals surface area (Å²) in [4.78, 5) is 5.23. The average molecular weight is 329 g/mol. The fourth-order valence-corrected chi connectivity index (χ4v) is 4.76. The number of rotatable bonds is 7. The van der Waals surface area contributed by atoms with Crippen LogP contribution in [0.5, 0.6) is 0 Å². The second-order valence-corrected chi connectivity index (χ2v) is 8.50. The van der Waals surface area contributed by atoms with Crippen LogP contribution in [0, 0.1) is 17.3 Å². The van der Waals surface area contributed by atoms with E-state index in [1.807, 2.05) is 0 Å². The molecule has 2 aliphatic heterocycles. The van der Waals surface area contributed by atoms with Crippen molar-refractivity contribution in [3.63, 3.8) is 0 Å².